The molecule has 9 heavy (non-hydrogen) atoms. The van der Waals surface area contributed by atoms with E-state index in [0.717, 1.165) is 0 Å². The quantitative estimate of drug-likeness (QED) is 0.562. The molecule has 0 rings (SSSR count). The van der Waals surface area contributed by atoms with E-state index in [1.807, 2.05) is 0 Å². The van der Waals surface area contributed by atoms with E-state index in [1.165, 1.54) is 6.92 Å². The summed E-state index contributed by atoms with van der Waals surface area (Å²) < 4.78 is 32.2. The summed E-state index contributed by atoms with van der Waals surface area (Å²) in [5.41, 5.74) is 0. The summed E-state index contributed by atoms with van der Waals surface area (Å²) in [6.07, 6.45) is 0. The number of halogens is 1. The zero-order valence-corrected chi connectivity index (χ0v) is 6.57. The number of hydrogen-bond donors (Lipinski definition) is 0. The van der Waals surface area contributed by atoms with E-state index in [0.29, 0.717) is 0 Å². The Hall–Kier alpha value is -0.120. The molecule has 0 aromatic heterocycles. The van der Waals surface area contributed by atoms with E-state index in [4.69, 9.17) is 0 Å². The molecule has 2 nitrogen and oxygen atoms in total. The highest BCUT2D eigenvalue weighted by molar-refractivity contribution is 7.87. The van der Waals surface area contributed by atoms with Crippen molar-refractivity contribution >= 4 is 10.2 Å². The summed E-state index contributed by atoms with van der Waals surface area (Å²) in [5.74, 6) is -0.153. The van der Waals surface area contributed by atoms with E-state index < -0.39 is 15.5 Å². The van der Waals surface area contributed by atoms with Gasteiger partial charge in [-0.15, -0.1) is 3.89 Å². The lowest BCUT2D eigenvalue weighted by Gasteiger charge is -2.08. The summed E-state index contributed by atoms with van der Waals surface area (Å²) in [6, 6.07) is 0. The van der Waals surface area contributed by atoms with Gasteiger partial charge in [0.2, 0.25) is 0 Å². The van der Waals surface area contributed by atoms with Crippen LogP contribution in [0.5, 0.6) is 0 Å². The lowest BCUT2D eigenvalue weighted by atomic mass is 10.2. The van der Waals surface area contributed by atoms with Gasteiger partial charge in [0.05, 0.1) is 5.25 Å². The first-order valence-corrected chi connectivity index (χ1v) is 4.24. The molecule has 0 N–H and O–H groups in total. The van der Waals surface area contributed by atoms with Crippen LogP contribution in [-0.4, -0.2) is 13.7 Å². The number of hydrogen-bond acceptors (Lipinski definition) is 2. The summed E-state index contributed by atoms with van der Waals surface area (Å²) in [6.45, 7) is 4.70. The topological polar surface area (TPSA) is 34.1 Å². The molecule has 0 aliphatic rings. The van der Waals surface area contributed by atoms with Crippen LogP contribution in [0.25, 0.3) is 0 Å². The first kappa shape index (κ1) is 8.88. The molecular weight excluding hydrogens is 143 g/mol. The molecule has 0 aliphatic carbocycles. The minimum absolute atomic E-state index is 0.153. The molecule has 1 atom stereocenters. The van der Waals surface area contributed by atoms with Gasteiger partial charge in [-0.1, -0.05) is 13.8 Å². The van der Waals surface area contributed by atoms with E-state index in [1.54, 1.807) is 13.8 Å². The fraction of sp³-hybridized carbons (Fsp3) is 1.00. The van der Waals surface area contributed by atoms with Crippen molar-refractivity contribution in [1.29, 1.82) is 0 Å². The van der Waals surface area contributed by atoms with E-state index in [9.17, 15) is 12.3 Å². The van der Waals surface area contributed by atoms with Crippen LogP contribution in [0.2, 0.25) is 0 Å². The predicted octanol–water partition coefficient (Wildman–Crippen LogP) is 1.33. The van der Waals surface area contributed by atoms with Crippen LogP contribution in [0, 0.1) is 5.92 Å². The van der Waals surface area contributed by atoms with Gasteiger partial charge in [0, 0.05) is 0 Å². The minimum Gasteiger partial charge on any atom is -0.195 e. The van der Waals surface area contributed by atoms with Crippen molar-refractivity contribution in [3.63, 3.8) is 0 Å². The predicted molar refractivity (Wildman–Crippen MR) is 34.3 cm³/mol. The third-order valence-corrected chi connectivity index (χ3v) is 2.82. The van der Waals surface area contributed by atoms with E-state index in [-0.39, 0.29) is 5.92 Å². The Morgan fingerprint density at radius 1 is 1.22 bits per heavy atom. The molecule has 0 bridgehead atoms. The third-order valence-electron chi connectivity index (χ3n) is 1.38. The summed E-state index contributed by atoms with van der Waals surface area (Å²) in [5, 5.41) is -0.877. The molecule has 0 saturated carbocycles. The first-order chi connectivity index (χ1) is 3.85. The second kappa shape index (κ2) is 2.64. The largest absolute Gasteiger partial charge is 0.305 e. The van der Waals surface area contributed by atoms with Gasteiger partial charge in [-0.2, -0.15) is 8.42 Å². The Morgan fingerprint density at radius 3 is 1.56 bits per heavy atom. The molecule has 0 heterocycles. The average molecular weight is 154 g/mol. The van der Waals surface area contributed by atoms with Crippen LogP contribution in [0.3, 0.4) is 0 Å². The maximum atomic E-state index is 12.0. The highest BCUT2D eigenvalue weighted by Crippen LogP contribution is 2.12. The summed E-state index contributed by atoms with van der Waals surface area (Å²) in [4.78, 5) is 0. The van der Waals surface area contributed by atoms with Gasteiger partial charge in [-0.3, -0.25) is 0 Å². The standard InChI is InChI=1S/C5H11FO2S/c1-4(2)5(3)9(6,7)8/h4-5H,1-3H3/t5-/m0/s1. The molecule has 56 valence electrons. The maximum absolute atomic E-state index is 12.0. The van der Waals surface area contributed by atoms with Crippen molar-refractivity contribution in [2.45, 2.75) is 26.0 Å². The van der Waals surface area contributed by atoms with Crippen LogP contribution in [0.4, 0.5) is 3.89 Å². The van der Waals surface area contributed by atoms with Gasteiger partial charge < -0.3 is 0 Å². The first-order valence-electron chi connectivity index (χ1n) is 2.79. The Kier molecular flexibility index (Phi) is 2.61. The molecule has 0 amide bonds. The van der Waals surface area contributed by atoms with Gasteiger partial charge in [-0.25, -0.2) is 0 Å². The highest BCUT2D eigenvalue weighted by Gasteiger charge is 2.22. The summed E-state index contributed by atoms with van der Waals surface area (Å²) in [7, 11) is -4.30. The lowest BCUT2D eigenvalue weighted by molar-refractivity contribution is 0.506. The van der Waals surface area contributed by atoms with Crippen molar-refractivity contribution in [2.75, 3.05) is 0 Å². The van der Waals surface area contributed by atoms with Gasteiger partial charge >= 0.3 is 10.2 Å². The molecule has 0 saturated heterocycles. The summed E-state index contributed by atoms with van der Waals surface area (Å²) >= 11 is 0. The van der Waals surface area contributed by atoms with Crippen molar-refractivity contribution in [2.24, 2.45) is 5.92 Å². The average Bonchev–Trinajstić information content (AvgIpc) is 1.62. The zero-order chi connectivity index (χ0) is 7.65. The van der Waals surface area contributed by atoms with Gasteiger partial charge in [0.25, 0.3) is 0 Å². The van der Waals surface area contributed by atoms with Crippen molar-refractivity contribution < 1.29 is 12.3 Å². The van der Waals surface area contributed by atoms with Crippen LogP contribution in [-0.2, 0) is 10.2 Å². The molecule has 4 heteroatoms. The Morgan fingerprint density at radius 2 is 1.56 bits per heavy atom. The van der Waals surface area contributed by atoms with E-state index in [2.05, 4.69) is 0 Å². The Bertz CT molecular complexity index is 171. The fourth-order valence-electron chi connectivity index (χ4n) is 0.325. The van der Waals surface area contributed by atoms with Gasteiger partial charge in [-0.05, 0) is 12.8 Å². The molecule has 0 aromatic rings. The fourth-order valence-corrected chi connectivity index (χ4v) is 0.975. The van der Waals surface area contributed by atoms with Crippen LogP contribution < -0.4 is 0 Å². The zero-order valence-electron chi connectivity index (χ0n) is 5.76. The molecular formula is C5H11FO2S. The normalized spacial score (nSPS) is 16.1. The second-order valence-corrected chi connectivity index (χ2v) is 4.12. The second-order valence-electron chi connectivity index (χ2n) is 2.42. The third kappa shape index (κ3) is 2.79. The number of rotatable bonds is 2. The van der Waals surface area contributed by atoms with Crippen molar-refractivity contribution in [3.05, 3.63) is 0 Å². The van der Waals surface area contributed by atoms with Gasteiger partial charge in [0.15, 0.2) is 0 Å². The monoisotopic (exact) mass is 154 g/mol. The van der Waals surface area contributed by atoms with Crippen LogP contribution in [0.15, 0.2) is 0 Å². The molecule has 0 spiro atoms. The van der Waals surface area contributed by atoms with Crippen molar-refractivity contribution in [3.8, 4) is 0 Å². The molecule has 0 fully saturated rings. The molecule has 0 unspecified atom stereocenters. The highest BCUT2D eigenvalue weighted by atomic mass is 32.3. The molecule has 0 aliphatic heterocycles. The minimum atomic E-state index is -4.30. The smallest absolute Gasteiger partial charge is 0.195 e. The van der Waals surface area contributed by atoms with E-state index >= 15 is 0 Å². The maximum Gasteiger partial charge on any atom is 0.305 e. The molecule has 0 radical (unpaired) electrons. The van der Waals surface area contributed by atoms with Crippen LogP contribution in [0.1, 0.15) is 20.8 Å². The van der Waals surface area contributed by atoms with Gasteiger partial charge in [0.1, 0.15) is 0 Å². The SMILES string of the molecule is CC(C)[C@H](C)S(=O)(=O)F. The Balaban J connectivity index is 4.24. The lowest BCUT2D eigenvalue weighted by Crippen LogP contribution is -2.18. The van der Waals surface area contributed by atoms with Crippen molar-refractivity contribution in [1.82, 2.24) is 0 Å². The van der Waals surface area contributed by atoms with Crippen LogP contribution >= 0.6 is 0 Å². The Labute approximate surface area is 55.3 Å². The molecule has 0 aromatic carbocycles.